The van der Waals surface area contributed by atoms with E-state index >= 15 is 0 Å². The Balaban J connectivity index is 0.00000144. The molecule has 0 aromatic heterocycles. The number of benzene rings is 2. The Morgan fingerprint density at radius 3 is 1.35 bits per heavy atom. The molecule has 0 heterocycles. The molecule has 0 aliphatic heterocycles. The second-order valence-electron chi connectivity index (χ2n) is 4.01. The minimum Gasteiger partial charge on any atom is -1.00 e. The molecule has 0 amide bonds. The van der Waals surface area contributed by atoms with Crippen molar-refractivity contribution >= 4 is 10.9 Å². The molecular formula is C15H17IS. The van der Waals surface area contributed by atoms with Crippen molar-refractivity contribution in [1.29, 1.82) is 0 Å². The summed E-state index contributed by atoms with van der Waals surface area (Å²) in [6, 6.07) is 21.6. The highest BCUT2D eigenvalue weighted by Gasteiger charge is 2.28. The van der Waals surface area contributed by atoms with Crippen molar-refractivity contribution in [2.24, 2.45) is 0 Å². The van der Waals surface area contributed by atoms with Gasteiger partial charge in [-0.3, -0.25) is 0 Å². The van der Waals surface area contributed by atoms with Crippen LogP contribution >= 0.6 is 0 Å². The van der Waals surface area contributed by atoms with E-state index in [4.69, 9.17) is 0 Å². The zero-order valence-corrected chi connectivity index (χ0v) is 13.1. The molecule has 0 spiro atoms. The van der Waals surface area contributed by atoms with Crippen LogP contribution in [0.15, 0.2) is 70.5 Å². The highest BCUT2D eigenvalue weighted by molar-refractivity contribution is 7.97. The van der Waals surface area contributed by atoms with E-state index < -0.39 is 0 Å². The summed E-state index contributed by atoms with van der Waals surface area (Å²) in [6.07, 6.45) is 0. The molecule has 0 unspecified atom stereocenters. The maximum Gasteiger partial charge on any atom is 0.160 e. The average Bonchev–Trinajstić information content (AvgIpc) is 2.31. The summed E-state index contributed by atoms with van der Waals surface area (Å²) < 4.78 is 0. The fraction of sp³-hybridized carbons (Fsp3) is 0.200. The van der Waals surface area contributed by atoms with Crippen LogP contribution in [0.25, 0.3) is 0 Å². The van der Waals surface area contributed by atoms with Crippen LogP contribution in [-0.2, 0) is 10.9 Å². The van der Waals surface area contributed by atoms with Gasteiger partial charge in [0.25, 0.3) is 0 Å². The van der Waals surface area contributed by atoms with Crippen LogP contribution in [-0.4, -0.2) is 5.25 Å². The largest absolute Gasteiger partial charge is 1.00 e. The van der Waals surface area contributed by atoms with Crippen molar-refractivity contribution in [1.82, 2.24) is 0 Å². The van der Waals surface area contributed by atoms with Gasteiger partial charge in [-0.25, -0.2) is 0 Å². The fourth-order valence-electron chi connectivity index (χ4n) is 1.81. The molecule has 0 bridgehead atoms. The summed E-state index contributed by atoms with van der Waals surface area (Å²) in [7, 11) is 0.197. The molecule has 2 rings (SSSR count). The lowest BCUT2D eigenvalue weighted by molar-refractivity contribution is -0.00000331. The Hall–Kier alpha value is -0.480. The van der Waals surface area contributed by atoms with Gasteiger partial charge in [0.2, 0.25) is 0 Å². The molecule has 0 aliphatic rings. The van der Waals surface area contributed by atoms with E-state index in [1.165, 1.54) is 9.79 Å². The maximum absolute atomic E-state index is 2.29. The molecule has 2 aromatic carbocycles. The van der Waals surface area contributed by atoms with E-state index in [0.29, 0.717) is 5.25 Å². The topological polar surface area (TPSA) is 0 Å². The molecular weight excluding hydrogens is 339 g/mol. The van der Waals surface area contributed by atoms with Crippen LogP contribution in [0.4, 0.5) is 0 Å². The van der Waals surface area contributed by atoms with E-state index in [1.807, 2.05) is 0 Å². The molecule has 17 heavy (non-hydrogen) atoms. The zero-order chi connectivity index (χ0) is 11.4. The summed E-state index contributed by atoms with van der Waals surface area (Å²) in [5, 5.41) is 0.643. The van der Waals surface area contributed by atoms with Crippen molar-refractivity contribution in [2.45, 2.75) is 28.9 Å². The monoisotopic (exact) mass is 356 g/mol. The molecule has 2 aromatic rings. The van der Waals surface area contributed by atoms with Crippen LogP contribution in [0.5, 0.6) is 0 Å². The molecule has 0 saturated heterocycles. The van der Waals surface area contributed by atoms with E-state index in [2.05, 4.69) is 74.5 Å². The van der Waals surface area contributed by atoms with Gasteiger partial charge in [0.15, 0.2) is 9.79 Å². The Morgan fingerprint density at radius 2 is 1.06 bits per heavy atom. The first-order chi connectivity index (χ1) is 7.79. The Morgan fingerprint density at radius 1 is 0.706 bits per heavy atom. The summed E-state index contributed by atoms with van der Waals surface area (Å²) in [6.45, 7) is 4.59. The molecule has 0 aliphatic carbocycles. The lowest BCUT2D eigenvalue weighted by Gasteiger charge is -2.10. The molecule has 0 nitrogen and oxygen atoms in total. The van der Waals surface area contributed by atoms with Crippen molar-refractivity contribution < 1.29 is 24.0 Å². The van der Waals surface area contributed by atoms with Gasteiger partial charge in [-0.05, 0) is 38.1 Å². The van der Waals surface area contributed by atoms with Crippen LogP contribution in [0.2, 0.25) is 0 Å². The third kappa shape index (κ3) is 3.75. The quantitative estimate of drug-likeness (QED) is 0.572. The van der Waals surface area contributed by atoms with E-state index in [1.54, 1.807) is 0 Å². The molecule has 0 atom stereocenters. The minimum atomic E-state index is 0. The van der Waals surface area contributed by atoms with Crippen LogP contribution < -0.4 is 24.0 Å². The van der Waals surface area contributed by atoms with Crippen LogP contribution in [0.1, 0.15) is 13.8 Å². The summed E-state index contributed by atoms with van der Waals surface area (Å²) in [4.78, 5) is 2.87. The third-order valence-corrected chi connectivity index (χ3v) is 4.97. The van der Waals surface area contributed by atoms with E-state index in [9.17, 15) is 0 Å². The zero-order valence-electron chi connectivity index (χ0n) is 10.1. The molecule has 2 heteroatoms. The smallest absolute Gasteiger partial charge is 0.160 e. The van der Waals surface area contributed by atoms with Crippen molar-refractivity contribution in [2.75, 3.05) is 0 Å². The SMILES string of the molecule is CC(C)[S+](c1ccccc1)c1ccccc1.[I-]. The van der Waals surface area contributed by atoms with Crippen LogP contribution in [0, 0.1) is 0 Å². The predicted octanol–water partition coefficient (Wildman–Crippen LogP) is 1.14. The number of rotatable bonds is 3. The standard InChI is InChI=1S/C15H17S.HI/c1-13(2)16(14-9-5-3-6-10-14)15-11-7-4-8-12-15;/h3-13H,1-2H3;1H/q+1;/p-1. The first-order valence-corrected chi connectivity index (χ1v) is 6.91. The molecule has 0 fully saturated rings. The molecule has 0 N–H and O–H groups in total. The number of hydrogen-bond donors (Lipinski definition) is 0. The Labute approximate surface area is 124 Å². The van der Waals surface area contributed by atoms with Crippen molar-refractivity contribution in [3.63, 3.8) is 0 Å². The second-order valence-corrected chi connectivity index (χ2v) is 6.57. The normalized spacial score (nSPS) is 10.4. The maximum atomic E-state index is 2.29. The van der Waals surface area contributed by atoms with Crippen molar-refractivity contribution in [3.05, 3.63) is 60.7 Å². The first-order valence-electron chi connectivity index (χ1n) is 5.62. The molecule has 0 saturated carbocycles. The number of halogens is 1. The summed E-state index contributed by atoms with van der Waals surface area (Å²) in [5.41, 5.74) is 0. The number of hydrogen-bond acceptors (Lipinski definition) is 0. The average molecular weight is 356 g/mol. The van der Waals surface area contributed by atoms with Crippen molar-refractivity contribution in [3.8, 4) is 0 Å². The van der Waals surface area contributed by atoms with Gasteiger partial charge < -0.3 is 24.0 Å². The van der Waals surface area contributed by atoms with Gasteiger partial charge in [-0.1, -0.05) is 36.4 Å². The third-order valence-electron chi connectivity index (χ3n) is 2.47. The second kappa shape index (κ2) is 7.07. The Bertz CT molecular complexity index is 386. The van der Waals surface area contributed by atoms with Gasteiger partial charge in [0, 0.05) is 0 Å². The highest BCUT2D eigenvalue weighted by Crippen LogP contribution is 2.26. The lowest BCUT2D eigenvalue weighted by Crippen LogP contribution is -3.00. The van der Waals surface area contributed by atoms with Gasteiger partial charge >= 0.3 is 0 Å². The van der Waals surface area contributed by atoms with Gasteiger partial charge in [-0.15, -0.1) is 0 Å². The fourth-order valence-corrected chi connectivity index (χ4v) is 4.08. The first kappa shape index (κ1) is 14.6. The Kier molecular flexibility index (Phi) is 6.06. The lowest BCUT2D eigenvalue weighted by atomic mass is 10.4. The molecule has 90 valence electrons. The van der Waals surface area contributed by atoms with Crippen LogP contribution in [0.3, 0.4) is 0 Å². The van der Waals surface area contributed by atoms with Gasteiger partial charge in [-0.2, -0.15) is 0 Å². The van der Waals surface area contributed by atoms with Gasteiger partial charge in [0.05, 0.1) is 10.9 Å². The minimum absolute atomic E-state index is 0. The summed E-state index contributed by atoms with van der Waals surface area (Å²) in [5.74, 6) is 0. The highest BCUT2D eigenvalue weighted by atomic mass is 127. The predicted molar refractivity (Wildman–Crippen MR) is 71.9 cm³/mol. The van der Waals surface area contributed by atoms with E-state index in [0.717, 1.165) is 0 Å². The van der Waals surface area contributed by atoms with Gasteiger partial charge in [0.1, 0.15) is 5.25 Å². The summed E-state index contributed by atoms with van der Waals surface area (Å²) >= 11 is 0. The molecule has 0 radical (unpaired) electrons. The van der Waals surface area contributed by atoms with E-state index in [-0.39, 0.29) is 34.9 Å².